The van der Waals surface area contributed by atoms with E-state index in [1.165, 1.54) is 12.1 Å². The number of amides is 1. The number of benzene rings is 2. The molecule has 0 spiro atoms. The molecule has 0 aliphatic heterocycles. The van der Waals surface area contributed by atoms with Gasteiger partial charge < -0.3 is 9.73 Å². The Morgan fingerprint density at radius 1 is 1.09 bits per heavy atom. The number of hydrogen-bond acceptors (Lipinski definition) is 2. The van der Waals surface area contributed by atoms with Crippen molar-refractivity contribution < 1.29 is 13.6 Å². The lowest BCUT2D eigenvalue weighted by Gasteiger charge is -2.04. The van der Waals surface area contributed by atoms with Crippen LogP contribution < -0.4 is 5.32 Å². The molecule has 1 N–H and O–H groups in total. The molecule has 23 heavy (non-hydrogen) atoms. The number of nitrogens with one attached hydrogen (secondary N) is 1. The zero-order valence-corrected chi connectivity index (χ0v) is 12.7. The number of halogens is 1. The molecule has 0 unspecified atom stereocenters. The summed E-state index contributed by atoms with van der Waals surface area (Å²) in [5, 5.41) is 3.98. The topological polar surface area (TPSA) is 42.2 Å². The van der Waals surface area contributed by atoms with Gasteiger partial charge >= 0.3 is 0 Å². The predicted octanol–water partition coefficient (Wildman–Crippen LogP) is 3.86. The van der Waals surface area contributed by atoms with Gasteiger partial charge in [0.2, 0.25) is 5.91 Å². The van der Waals surface area contributed by atoms with Crippen molar-refractivity contribution in [2.75, 3.05) is 6.54 Å². The molecule has 2 aromatic carbocycles. The predicted molar refractivity (Wildman–Crippen MR) is 87.6 cm³/mol. The van der Waals surface area contributed by atoms with Gasteiger partial charge in [0, 0.05) is 18.4 Å². The molecule has 118 valence electrons. The summed E-state index contributed by atoms with van der Waals surface area (Å²) >= 11 is 0. The summed E-state index contributed by atoms with van der Waals surface area (Å²) in [6, 6.07) is 15.9. The normalized spacial score (nSPS) is 10.8. The average molecular weight is 311 g/mol. The minimum Gasteiger partial charge on any atom is -0.461 e. The van der Waals surface area contributed by atoms with E-state index in [1.807, 2.05) is 30.3 Å². The molecule has 1 heterocycles. The average Bonchev–Trinajstić information content (AvgIpc) is 2.96. The second kappa shape index (κ2) is 7.09. The van der Waals surface area contributed by atoms with E-state index in [0.717, 1.165) is 35.1 Å². The lowest BCUT2D eigenvalue weighted by atomic mass is 10.1. The maximum atomic E-state index is 12.8. The molecule has 3 rings (SSSR count). The van der Waals surface area contributed by atoms with Crippen molar-refractivity contribution >= 4 is 16.9 Å². The molecule has 0 bridgehead atoms. The number of furan rings is 1. The van der Waals surface area contributed by atoms with Gasteiger partial charge in [0.05, 0.1) is 6.42 Å². The quantitative estimate of drug-likeness (QED) is 0.702. The van der Waals surface area contributed by atoms with E-state index in [0.29, 0.717) is 6.54 Å². The fraction of sp³-hybridized carbons (Fsp3) is 0.211. The van der Waals surface area contributed by atoms with Gasteiger partial charge in [0.1, 0.15) is 17.2 Å². The minimum atomic E-state index is -0.292. The van der Waals surface area contributed by atoms with E-state index < -0.39 is 0 Å². The highest BCUT2D eigenvalue weighted by atomic mass is 19.1. The van der Waals surface area contributed by atoms with Crippen molar-refractivity contribution in [3.63, 3.8) is 0 Å². The van der Waals surface area contributed by atoms with Crippen LogP contribution in [0.15, 0.2) is 59.0 Å². The van der Waals surface area contributed by atoms with Gasteiger partial charge in [-0.1, -0.05) is 30.3 Å². The van der Waals surface area contributed by atoms with Gasteiger partial charge in [0.15, 0.2) is 0 Å². The summed E-state index contributed by atoms with van der Waals surface area (Å²) in [7, 11) is 0. The van der Waals surface area contributed by atoms with Crippen molar-refractivity contribution in [2.24, 2.45) is 0 Å². The molecule has 0 aliphatic rings. The Morgan fingerprint density at radius 2 is 1.87 bits per heavy atom. The van der Waals surface area contributed by atoms with Crippen LogP contribution >= 0.6 is 0 Å². The standard InChI is InChI=1S/C19H18FNO2/c20-16-9-7-14(8-10-16)12-19(22)21-11-3-5-17-13-15-4-1-2-6-18(15)23-17/h1-2,4,6-10,13H,3,5,11-12H2,(H,21,22). The van der Waals surface area contributed by atoms with Crippen molar-refractivity contribution in [3.8, 4) is 0 Å². The summed E-state index contributed by atoms with van der Waals surface area (Å²) < 4.78 is 18.5. The lowest BCUT2D eigenvalue weighted by Crippen LogP contribution is -2.26. The van der Waals surface area contributed by atoms with Gasteiger partial charge in [0.25, 0.3) is 0 Å². The molecule has 1 aromatic heterocycles. The largest absolute Gasteiger partial charge is 0.461 e. The molecule has 0 aliphatic carbocycles. The fourth-order valence-corrected chi connectivity index (χ4v) is 2.50. The number of carbonyl (C=O) groups excluding carboxylic acids is 1. The van der Waals surface area contributed by atoms with Crippen LogP contribution in [0.4, 0.5) is 4.39 Å². The highest BCUT2D eigenvalue weighted by Crippen LogP contribution is 2.19. The van der Waals surface area contributed by atoms with Crippen molar-refractivity contribution in [1.29, 1.82) is 0 Å². The SMILES string of the molecule is O=C(Cc1ccc(F)cc1)NCCCc1cc2ccccc2o1. The molecule has 3 aromatic rings. The molecule has 0 saturated heterocycles. The number of carbonyl (C=O) groups is 1. The summed E-state index contributed by atoms with van der Waals surface area (Å²) in [5.74, 6) is 0.584. The van der Waals surface area contributed by atoms with Gasteiger partial charge in [-0.2, -0.15) is 0 Å². The molecule has 4 heteroatoms. The number of hydrogen-bond donors (Lipinski definition) is 1. The highest BCUT2D eigenvalue weighted by Gasteiger charge is 2.05. The molecule has 1 amide bonds. The molecular weight excluding hydrogens is 293 g/mol. The van der Waals surface area contributed by atoms with E-state index in [4.69, 9.17) is 4.42 Å². The molecule has 0 saturated carbocycles. The number of fused-ring (bicyclic) bond motifs is 1. The van der Waals surface area contributed by atoms with Crippen LogP contribution in [-0.2, 0) is 17.6 Å². The Balaban J connectivity index is 1.42. The van der Waals surface area contributed by atoms with Crippen molar-refractivity contribution in [3.05, 3.63) is 71.7 Å². The third kappa shape index (κ3) is 4.19. The number of aryl methyl sites for hydroxylation is 1. The van der Waals surface area contributed by atoms with Crippen LogP contribution in [0, 0.1) is 5.82 Å². The monoisotopic (exact) mass is 311 g/mol. The highest BCUT2D eigenvalue weighted by molar-refractivity contribution is 5.78. The van der Waals surface area contributed by atoms with E-state index in [9.17, 15) is 9.18 Å². The van der Waals surface area contributed by atoms with Crippen LogP contribution in [0.2, 0.25) is 0 Å². The molecule has 0 radical (unpaired) electrons. The van der Waals surface area contributed by atoms with Crippen LogP contribution in [0.3, 0.4) is 0 Å². The van der Waals surface area contributed by atoms with Gasteiger partial charge in [-0.25, -0.2) is 4.39 Å². The molecule has 0 atom stereocenters. The first-order chi connectivity index (χ1) is 11.2. The van der Waals surface area contributed by atoms with Crippen LogP contribution in [-0.4, -0.2) is 12.5 Å². The summed E-state index contributed by atoms with van der Waals surface area (Å²) in [4.78, 5) is 11.8. The van der Waals surface area contributed by atoms with Gasteiger partial charge in [-0.05, 0) is 36.2 Å². The van der Waals surface area contributed by atoms with E-state index in [1.54, 1.807) is 12.1 Å². The maximum absolute atomic E-state index is 12.8. The van der Waals surface area contributed by atoms with E-state index in [-0.39, 0.29) is 18.1 Å². The Hall–Kier alpha value is -2.62. The first kappa shape index (κ1) is 15.3. The first-order valence-corrected chi connectivity index (χ1v) is 7.69. The van der Waals surface area contributed by atoms with Crippen LogP contribution in [0.5, 0.6) is 0 Å². The van der Waals surface area contributed by atoms with Crippen molar-refractivity contribution in [2.45, 2.75) is 19.3 Å². The smallest absolute Gasteiger partial charge is 0.224 e. The van der Waals surface area contributed by atoms with Gasteiger partial charge in [-0.3, -0.25) is 4.79 Å². The molecule has 3 nitrogen and oxygen atoms in total. The molecular formula is C19H18FNO2. The zero-order valence-electron chi connectivity index (χ0n) is 12.7. The second-order valence-corrected chi connectivity index (χ2v) is 5.51. The van der Waals surface area contributed by atoms with E-state index in [2.05, 4.69) is 5.32 Å². The number of para-hydroxylation sites is 1. The molecule has 0 fully saturated rings. The Bertz CT molecular complexity index is 759. The minimum absolute atomic E-state index is 0.0544. The lowest BCUT2D eigenvalue weighted by molar-refractivity contribution is -0.120. The summed E-state index contributed by atoms with van der Waals surface area (Å²) in [6.07, 6.45) is 1.87. The first-order valence-electron chi connectivity index (χ1n) is 7.69. The summed E-state index contributed by atoms with van der Waals surface area (Å²) in [6.45, 7) is 0.594. The van der Waals surface area contributed by atoms with Crippen LogP contribution in [0.25, 0.3) is 11.0 Å². The van der Waals surface area contributed by atoms with Crippen molar-refractivity contribution in [1.82, 2.24) is 5.32 Å². The number of rotatable bonds is 6. The van der Waals surface area contributed by atoms with E-state index >= 15 is 0 Å². The zero-order chi connectivity index (χ0) is 16.1. The Morgan fingerprint density at radius 3 is 2.65 bits per heavy atom. The fourth-order valence-electron chi connectivity index (χ4n) is 2.50. The third-order valence-electron chi connectivity index (χ3n) is 3.68. The van der Waals surface area contributed by atoms with Crippen LogP contribution in [0.1, 0.15) is 17.7 Å². The maximum Gasteiger partial charge on any atom is 0.224 e. The van der Waals surface area contributed by atoms with Gasteiger partial charge in [-0.15, -0.1) is 0 Å². The Kier molecular flexibility index (Phi) is 4.71. The Labute approximate surface area is 134 Å². The second-order valence-electron chi connectivity index (χ2n) is 5.51. The third-order valence-corrected chi connectivity index (χ3v) is 3.68. The summed E-state index contributed by atoms with van der Waals surface area (Å²) in [5.41, 5.74) is 1.70.